The van der Waals surface area contributed by atoms with Crippen LogP contribution < -0.4 is 5.73 Å². The zero-order valence-corrected chi connectivity index (χ0v) is 9.33. The van der Waals surface area contributed by atoms with Crippen molar-refractivity contribution >= 4 is 11.9 Å². The molecule has 1 fully saturated rings. The van der Waals surface area contributed by atoms with E-state index in [0.29, 0.717) is 5.84 Å². The fourth-order valence-electron chi connectivity index (χ4n) is 2.78. The molecule has 84 valence electrons. The van der Waals surface area contributed by atoms with Crippen molar-refractivity contribution in [2.75, 3.05) is 6.54 Å². The van der Waals surface area contributed by atoms with E-state index < -0.39 is 0 Å². The third-order valence-electron chi connectivity index (χ3n) is 3.57. The zero-order chi connectivity index (χ0) is 10.9. The van der Waals surface area contributed by atoms with Gasteiger partial charge in [0.05, 0.1) is 0 Å². The van der Waals surface area contributed by atoms with Gasteiger partial charge in [-0.2, -0.15) is 4.99 Å². The number of nitrogens with zero attached hydrogens (tertiary/aromatic N) is 2. The standard InChI is InChI=1S/C11H19N3O/c1-2-8-14-10(15)13-9(12)11(14)6-4-3-5-7-11/h2-8H2,1H3,(H2,12,13,15). The number of aliphatic imine (C=N–C) groups is 1. The minimum atomic E-state index is -0.217. The molecule has 2 rings (SSSR count). The van der Waals surface area contributed by atoms with Crippen LogP contribution in [0.15, 0.2) is 4.99 Å². The Morgan fingerprint density at radius 1 is 1.40 bits per heavy atom. The van der Waals surface area contributed by atoms with E-state index in [1.165, 1.54) is 6.42 Å². The lowest BCUT2D eigenvalue weighted by molar-refractivity contribution is 0.143. The van der Waals surface area contributed by atoms with Gasteiger partial charge >= 0.3 is 6.03 Å². The number of nitrogens with two attached hydrogens (primary N) is 1. The highest BCUT2D eigenvalue weighted by atomic mass is 16.2. The number of carbonyl (C=O) groups excluding carboxylic acids is 1. The van der Waals surface area contributed by atoms with Gasteiger partial charge in [-0.25, -0.2) is 4.79 Å². The van der Waals surface area contributed by atoms with Gasteiger partial charge in [0.25, 0.3) is 0 Å². The second-order valence-corrected chi connectivity index (χ2v) is 4.52. The predicted octanol–water partition coefficient (Wildman–Crippen LogP) is 1.89. The number of amidine groups is 1. The molecule has 2 aliphatic rings. The van der Waals surface area contributed by atoms with Crippen LogP contribution in [0, 0.1) is 0 Å². The highest BCUT2D eigenvalue weighted by Gasteiger charge is 2.48. The molecular weight excluding hydrogens is 190 g/mol. The lowest BCUT2D eigenvalue weighted by Crippen LogP contribution is -2.55. The maximum absolute atomic E-state index is 11.7. The summed E-state index contributed by atoms with van der Waals surface area (Å²) in [5, 5.41) is 0. The topological polar surface area (TPSA) is 58.7 Å². The van der Waals surface area contributed by atoms with Gasteiger partial charge < -0.3 is 10.6 Å². The Labute approximate surface area is 90.5 Å². The summed E-state index contributed by atoms with van der Waals surface area (Å²) in [6, 6.07) is -0.128. The molecule has 1 spiro atoms. The average Bonchev–Trinajstić information content (AvgIpc) is 2.45. The molecule has 0 unspecified atom stereocenters. The first-order valence-electron chi connectivity index (χ1n) is 5.87. The van der Waals surface area contributed by atoms with Gasteiger partial charge in [0.15, 0.2) is 0 Å². The highest BCUT2D eigenvalue weighted by molar-refractivity contribution is 6.05. The molecular formula is C11H19N3O. The number of urea groups is 1. The van der Waals surface area contributed by atoms with Crippen molar-refractivity contribution < 1.29 is 4.79 Å². The van der Waals surface area contributed by atoms with E-state index in [1.807, 2.05) is 4.90 Å². The van der Waals surface area contributed by atoms with Crippen molar-refractivity contribution in [2.24, 2.45) is 10.7 Å². The third kappa shape index (κ3) is 1.52. The molecule has 0 saturated heterocycles. The Morgan fingerprint density at radius 2 is 2.07 bits per heavy atom. The summed E-state index contributed by atoms with van der Waals surface area (Å²) in [5.74, 6) is 0.556. The molecule has 1 heterocycles. The van der Waals surface area contributed by atoms with E-state index in [9.17, 15) is 4.79 Å². The Bertz CT molecular complexity index is 292. The van der Waals surface area contributed by atoms with E-state index in [2.05, 4.69) is 11.9 Å². The summed E-state index contributed by atoms with van der Waals surface area (Å²) in [4.78, 5) is 17.5. The van der Waals surface area contributed by atoms with Crippen molar-refractivity contribution in [1.29, 1.82) is 0 Å². The van der Waals surface area contributed by atoms with E-state index in [1.54, 1.807) is 0 Å². The molecule has 2 amide bonds. The minimum Gasteiger partial charge on any atom is -0.385 e. The molecule has 0 aromatic rings. The Kier molecular flexibility index (Phi) is 2.67. The van der Waals surface area contributed by atoms with E-state index in [-0.39, 0.29) is 11.6 Å². The monoisotopic (exact) mass is 209 g/mol. The van der Waals surface area contributed by atoms with Crippen molar-refractivity contribution in [1.82, 2.24) is 4.90 Å². The van der Waals surface area contributed by atoms with Crippen LogP contribution in [0.5, 0.6) is 0 Å². The number of amides is 2. The van der Waals surface area contributed by atoms with Crippen molar-refractivity contribution in [3.63, 3.8) is 0 Å². The van der Waals surface area contributed by atoms with Gasteiger partial charge in [-0.1, -0.05) is 26.2 Å². The summed E-state index contributed by atoms with van der Waals surface area (Å²) < 4.78 is 0. The first-order chi connectivity index (χ1) is 7.20. The Morgan fingerprint density at radius 3 is 2.67 bits per heavy atom. The molecule has 2 N–H and O–H groups in total. The fourth-order valence-corrected chi connectivity index (χ4v) is 2.78. The summed E-state index contributed by atoms with van der Waals surface area (Å²) in [5.41, 5.74) is 5.73. The smallest absolute Gasteiger partial charge is 0.346 e. The summed E-state index contributed by atoms with van der Waals surface area (Å²) in [7, 11) is 0. The van der Waals surface area contributed by atoms with E-state index in [4.69, 9.17) is 5.73 Å². The first kappa shape index (κ1) is 10.5. The summed E-state index contributed by atoms with van der Waals surface area (Å²) in [6.07, 6.45) is 6.52. The molecule has 0 radical (unpaired) electrons. The molecule has 4 nitrogen and oxygen atoms in total. The molecule has 1 aliphatic heterocycles. The predicted molar refractivity (Wildman–Crippen MR) is 59.8 cm³/mol. The molecule has 4 heteroatoms. The third-order valence-corrected chi connectivity index (χ3v) is 3.57. The van der Waals surface area contributed by atoms with Gasteiger partial charge in [-0.3, -0.25) is 0 Å². The maximum Gasteiger partial charge on any atom is 0.346 e. The Balaban J connectivity index is 2.25. The lowest BCUT2D eigenvalue weighted by atomic mass is 9.80. The number of hydrogen-bond acceptors (Lipinski definition) is 2. The van der Waals surface area contributed by atoms with Gasteiger partial charge in [-0.05, 0) is 19.3 Å². The van der Waals surface area contributed by atoms with Crippen LogP contribution in [0.1, 0.15) is 45.4 Å². The normalized spacial score (nSPS) is 24.7. The van der Waals surface area contributed by atoms with Gasteiger partial charge in [0.2, 0.25) is 0 Å². The first-order valence-corrected chi connectivity index (χ1v) is 5.87. The number of carbonyl (C=O) groups is 1. The lowest BCUT2D eigenvalue weighted by Gasteiger charge is -2.40. The quantitative estimate of drug-likeness (QED) is 0.755. The minimum absolute atomic E-state index is 0.128. The van der Waals surface area contributed by atoms with Crippen LogP contribution in [-0.4, -0.2) is 28.9 Å². The second kappa shape index (κ2) is 3.83. The molecule has 0 bridgehead atoms. The van der Waals surface area contributed by atoms with Gasteiger partial charge in [0.1, 0.15) is 11.4 Å². The van der Waals surface area contributed by atoms with Crippen LogP contribution >= 0.6 is 0 Å². The zero-order valence-electron chi connectivity index (χ0n) is 9.33. The van der Waals surface area contributed by atoms with Crippen LogP contribution in [-0.2, 0) is 0 Å². The van der Waals surface area contributed by atoms with Gasteiger partial charge in [0, 0.05) is 6.54 Å². The van der Waals surface area contributed by atoms with E-state index >= 15 is 0 Å². The molecule has 0 aromatic carbocycles. The largest absolute Gasteiger partial charge is 0.385 e. The molecule has 0 atom stereocenters. The molecule has 0 aromatic heterocycles. The van der Waals surface area contributed by atoms with Gasteiger partial charge in [-0.15, -0.1) is 0 Å². The van der Waals surface area contributed by atoms with E-state index in [0.717, 1.165) is 38.6 Å². The molecule has 15 heavy (non-hydrogen) atoms. The van der Waals surface area contributed by atoms with Crippen molar-refractivity contribution in [3.8, 4) is 0 Å². The van der Waals surface area contributed by atoms with Crippen LogP contribution in [0.4, 0.5) is 4.79 Å². The fraction of sp³-hybridized carbons (Fsp3) is 0.818. The highest BCUT2D eigenvalue weighted by Crippen LogP contribution is 2.37. The summed E-state index contributed by atoms with van der Waals surface area (Å²) >= 11 is 0. The summed E-state index contributed by atoms with van der Waals surface area (Å²) in [6.45, 7) is 2.86. The maximum atomic E-state index is 11.7. The Hall–Kier alpha value is -1.06. The van der Waals surface area contributed by atoms with Crippen LogP contribution in [0.2, 0.25) is 0 Å². The number of hydrogen-bond donors (Lipinski definition) is 1. The number of rotatable bonds is 2. The van der Waals surface area contributed by atoms with Crippen LogP contribution in [0.3, 0.4) is 0 Å². The second-order valence-electron chi connectivity index (χ2n) is 4.52. The van der Waals surface area contributed by atoms with Crippen LogP contribution in [0.25, 0.3) is 0 Å². The van der Waals surface area contributed by atoms with Crippen molar-refractivity contribution in [2.45, 2.75) is 51.0 Å². The average molecular weight is 209 g/mol. The van der Waals surface area contributed by atoms with Crippen molar-refractivity contribution in [3.05, 3.63) is 0 Å². The molecule has 1 saturated carbocycles. The SMILES string of the molecule is CCCN1C(=O)N=C(N)C12CCCCC2. The molecule has 1 aliphatic carbocycles.